The van der Waals surface area contributed by atoms with Gasteiger partial charge in [-0.3, -0.25) is 9.78 Å². The van der Waals surface area contributed by atoms with E-state index in [9.17, 15) is 14.0 Å². The number of anilines is 1. The number of benzene rings is 1. The van der Waals surface area contributed by atoms with Crippen LogP contribution in [0.25, 0.3) is 0 Å². The van der Waals surface area contributed by atoms with Gasteiger partial charge in [-0.15, -0.1) is 0 Å². The third-order valence-corrected chi connectivity index (χ3v) is 6.35. The summed E-state index contributed by atoms with van der Waals surface area (Å²) in [5.74, 6) is -0.277. The monoisotopic (exact) mass is 522 g/mol. The number of allylic oxidation sites excluding steroid dienone is 5. The molecule has 1 aliphatic heterocycles. The lowest BCUT2D eigenvalue weighted by atomic mass is 9.86. The number of likely N-dealkylation sites (tertiary alicyclic amines) is 1. The predicted octanol–water partition coefficient (Wildman–Crippen LogP) is 5.48. The lowest BCUT2D eigenvalue weighted by molar-refractivity contribution is -0.111. The van der Waals surface area contributed by atoms with Crippen LogP contribution in [0.4, 0.5) is 10.1 Å². The number of aldehydes is 2. The van der Waals surface area contributed by atoms with Crippen LogP contribution in [0.15, 0.2) is 84.2 Å². The molecule has 2 aromatic rings. The Balaban J connectivity index is 0.000000290. The molecule has 0 spiro atoms. The van der Waals surface area contributed by atoms with E-state index in [-0.39, 0.29) is 5.82 Å². The molecular weight excluding hydrogens is 479 g/mol. The molecule has 1 aromatic carbocycles. The Morgan fingerprint density at radius 1 is 1.08 bits per heavy atom. The molecule has 1 unspecified atom stereocenters. The van der Waals surface area contributed by atoms with Crippen LogP contribution in [-0.2, 0) is 15.0 Å². The normalized spacial score (nSPS) is 16.6. The summed E-state index contributed by atoms with van der Waals surface area (Å²) >= 11 is 0. The SMILES string of the molecule is CC(C)(C=O)c1ccc(F)cc1.CN.CN1CCCC1CC1=CCC=C(C=O)C=C1.CNc1ccncc1. The minimum atomic E-state index is -0.520. The van der Waals surface area contributed by atoms with Gasteiger partial charge >= 0.3 is 0 Å². The van der Waals surface area contributed by atoms with Crippen molar-refractivity contribution in [3.05, 3.63) is 95.6 Å². The van der Waals surface area contributed by atoms with Gasteiger partial charge < -0.3 is 20.7 Å². The summed E-state index contributed by atoms with van der Waals surface area (Å²) in [5, 5.41) is 2.99. The van der Waals surface area contributed by atoms with Crippen molar-refractivity contribution in [2.75, 3.05) is 33.0 Å². The van der Waals surface area contributed by atoms with E-state index >= 15 is 0 Å². The van der Waals surface area contributed by atoms with Gasteiger partial charge in [0.25, 0.3) is 0 Å². The van der Waals surface area contributed by atoms with Crippen molar-refractivity contribution in [1.29, 1.82) is 0 Å². The molecule has 2 heterocycles. The van der Waals surface area contributed by atoms with E-state index in [1.54, 1.807) is 38.4 Å². The van der Waals surface area contributed by atoms with E-state index in [1.807, 2.05) is 31.3 Å². The number of nitrogens with zero attached hydrogens (tertiary/aromatic N) is 2. The molecule has 38 heavy (non-hydrogen) atoms. The highest BCUT2D eigenvalue weighted by molar-refractivity contribution is 5.78. The molecule has 7 heteroatoms. The topological polar surface area (TPSA) is 88.3 Å². The van der Waals surface area contributed by atoms with Gasteiger partial charge in [0.1, 0.15) is 18.4 Å². The number of nitrogens with two attached hydrogens (primary N) is 1. The van der Waals surface area contributed by atoms with Crippen molar-refractivity contribution in [3.63, 3.8) is 0 Å². The Morgan fingerprint density at radius 2 is 1.74 bits per heavy atom. The first-order valence-corrected chi connectivity index (χ1v) is 12.9. The molecule has 0 amide bonds. The van der Waals surface area contributed by atoms with Gasteiger partial charge in [-0.05, 0) is 90.0 Å². The second-order valence-electron chi connectivity index (χ2n) is 9.48. The zero-order valence-electron chi connectivity index (χ0n) is 23.4. The van der Waals surface area contributed by atoms with E-state index in [1.165, 1.54) is 44.1 Å². The van der Waals surface area contributed by atoms with Crippen molar-refractivity contribution in [3.8, 4) is 0 Å². The van der Waals surface area contributed by atoms with Gasteiger partial charge in [-0.25, -0.2) is 4.39 Å². The highest BCUT2D eigenvalue weighted by Gasteiger charge is 2.21. The minimum absolute atomic E-state index is 0.277. The Morgan fingerprint density at radius 3 is 2.24 bits per heavy atom. The Labute approximate surface area is 227 Å². The molecule has 6 nitrogen and oxygen atoms in total. The Bertz CT molecular complexity index is 1050. The standard InChI is InChI=1S/C14H19NO.C10H11FO.C6H8N2.CH5N/c1-15-9-3-6-14(15)10-12-4-2-5-13(11-16)8-7-12;1-10(2,7-12)8-3-5-9(11)6-4-8;1-7-6-2-4-8-5-3-6;1-2/h4-5,7-8,11,14H,2-3,6,9-10H2,1H3;3-7H,1-2H3;2-5H,1H3,(H,7,8);2H2,1H3. The molecule has 0 bridgehead atoms. The summed E-state index contributed by atoms with van der Waals surface area (Å²) in [6.07, 6.45) is 18.2. The summed E-state index contributed by atoms with van der Waals surface area (Å²) in [4.78, 5) is 27.6. The molecular formula is C31H43FN4O2. The quantitative estimate of drug-likeness (QED) is 0.488. The highest BCUT2D eigenvalue weighted by atomic mass is 19.1. The van der Waals surface area contributed by atoms with E-state index in [4.69, 9.17) is 0 Å². The fraction of sp³-hybridized carbons (Fsp3) is 0.387. The number of aromatic nitrogens is 1. The van der Waals surface area contributed by atoms with Gasteiger partial charge in [-0.2, -0.15) is 0 Å². The maximum absolute atomic E-state index is 12.5. The number of hydrogen-bond donors (Lipinski definition) is 2. The summed E-state index contributed by atoms with van der Waals surface area (Å²) < 4.78 is 12.5. The lowest BCUT2D eigenvalue weighted by Crippen LogP contribution is -2.24. The lowest BCUT2D eigenvalue weighted by Gasteiger charge is -2.19. The van der Waals surface area contributed by atoms with Gasteiger partial charge in [-0.1, -0.05) is 42.0 Å². The number of hydrogen-bond acceptors (Lipinski definition) is 6. The molecule has 2 aliphatic rings. The van der Waals surface area contributed by atoms with E-state index < -0.39 is 5.41 Å². The zero-order chi connectivity index (χ0) is 28.4. The number of carbonyl (C=O) groups excluding carboxylic acids is 2. The largest absolute Gasteiger partial charge is 0.388 e. The average molecular weight is 523 g/mol. The van der Waals surface area contributed by atoms with Crippen molar-refractivity contribution < 1.29 is 14.0 Å². The maximum Gasteiger partial charge on any atom is 0.149 e. The number of rotatable bonds is 6. The number of nitrogens with one attached hydrogen (secondary N) is 1. The van der Waals surface area contributed by atoms with Crippen molar-refractivity contribution in [2.24, 2.45) is 5.73 Å². The summed E-state index contributed by atoms with van der Waals surface area (Å²) in [7, 11) is 5.59. The predicted molar refractivity (Wildman–Crippen MR) is 156 cm³/mol. The Kier molecular flexibility index (Phi) is 15.4. The van der Waals surface area contributed by atoms with Crippen LogP contribution >= 0.6 is 0 Å². The van der Waals surface area contributed by atoms with Crippen LogP contribution < -0.4 is 11.1 Å². The van der Waals surface area contributed by atoms with Crippen molar-refractivity contribution in [1.82, 2.24) is 9.88 Å². The number of pyridine rings is 1. The molecule has 1 aliphatic carbocycles. The first-order chi connectivity index (χ1) is 18.3. The van der Waals surface area contributed by atoms with Gasteiger partial charge in [0, 0.05) is 42.2 Å². The third kappa shape index (κ3) is 11.8. The van der Waals surface area contributed by atoms with E-state index in [0.717, 1.165) is 42.2 Å². The third-order valence-electron chi connectivity index (χ3n) is 6.35. The molecule has 3 N–H and O–H groups in total. The minimum Gasteiger partial charge on any atom is -0.388 e. The maximum atomic E-state index is 12.5. The fourth-order valence-corrected chi connectivity index (χ4v) is 3.90. The molecule has 0 saturated carbocycles. The molecule has 1 saturated heterocycles. The first kappa shape index (κ1) is 32.6. The average Bonchev–Trinajstić information content (AvgIpc) is 3.22. The van der Waals surface area contributed by atoms with Crippen LogP contribution in [0.2, 0.25) is 0 Å². The second-order valence-corrected chi connectivity index (χ2v) is 9.48. The molecule has 1 aromatic heterocycles. The van der Waals surface area contributed by atoms with Crippen molar-refractivity contribution in [2.45, 2.75) is 51.0 Å². The van der Waals surface area contributed by atoms with Crippen molar-refractivity contribution >= 4 is 18.3 Å². The number of carbonyl (C=O) groups is 2. The van der Waals surface area contributed by atoms with Gasteiger partial charge in [0.15, 0.2) is 0 Å². The smallest absolute Gasteiger partial charge is 0.149 e. The summed E-state index contributed by atoms with van der Waals surface area (Å²) in [6, 6.07) is 10.5. The Hall–Kier alpha value is -3.42. The second kappa shape index (κ2) is 17.9. The number of halogens is 1. The molecule has 206 valence electrons. The van der Waals surface area contributed by atoms with Crippen LogP contribution in [0.1, 0.15) is 45.1 Å². The summed E-state index contributed by atoms with van der Waals surface area (Å²) in [5.41, 5.74) is 8.07. The zero-order valence-corrected chi connectivity index (χ0v) is 23.4. The van der Waals surface area contributed by atoms with Gasteiger partial charge in [0.05, 0.1) is 0 Å². The summed E-state index contributed by atoms with van der Waals surface area (Å²) in [6.45, 7) is 4.82. The van der Waals surface area contributed by atoms with Crippen LogP contribution in [0.5, 0.6) is 0 Å². The van der Waals surface area contributed by atoms with Crippen LogP contribution in [-0.4, -0.2) is 56.2 Å². The fourth-order valence-electron chi connectivity index (χ4n) is 3.90. The molecule has 1 fully saturated rings. The highest BCUT2D eigenvalue weighted by Crippen LogP contribution is 2.24. The van der Waals surface area contributed by atoms with E-state index in [0.29, 0.717) is 6.04 Å². The first-order valence-electron chi connectivity index (χ1n) is 12.9. The van der Waals surface area contributed by atoms with Gasteiger partial charge in [0.2, 0.25) is 0 Å². The van der Waals surface area contributed by atoms with E-state index in [2.05, 4.69) is 40.1 Å². The van der Waals surface area contributed by atoms with Crippen LogP contribution in [0.3, 0.4) is 0 Å². The van der Waals surface area contributed by atoms with Crippen LogP contribution in [0, 0.1) is 5.82 Å². The molecule has 4 rings (SSSR count). The molecule has 1 atom stereocenters. The molecule has 0 radical (unpaired) electrons.